The van der Waals surface area contributed by atoms with E-state index in [9.17, 15) is 4.79 Å². The van der Waals surface area contributed by atoms with Crippen LogP contribution in [0.25, 0.3) is 0 Å². The third kappa shape index (κ3) is 1.49. The van der Waals surface area contributed by atoms with Gasteiger partial charge in [-0.15, -0.1) is 0 Å². The molecule has 0 spiro atoms. The highest BCUT2D eigenvalue weighted by molar-refractivity contribution is 5.88. The smallest absolute Gasteiger partial charge is 0.335 e. The molecule has 1 aromatic carbocycles. The zero-order valence-corrected chi connectivity index (χ0v) is 5.61. The number of benzene rings is 1. The first-order valence-electron chi connectivity index (χ1n) is 2.93. The minimum atomic E-state index is -1.08. The highest BCUT2D eigenvalue weighted by atomic mass is 16.4. The van der Waals surface area contributed by atoms with Gasteiger partial charge in [-0.1, -0.05) is 6.07 Å². The second-order valence-corrected chi connectivity index (χ2v) is 2.08. The number of aromatic carboxylic acids is 1. The van der Waals surface area contributed by atoms with Crippen molar-refractivity contribution in [2.45, 2.75) is 0 Å². The number of carbonyl (C=O) groups is 1. The number of hydrogen-bond acceptors (Lipinski definition) is 2. The van der Waals surface area contributed by atoms with Crippen molar-refractivity contribution < 1.29 is 15.0 Å². The van der Waals surface area contributed by atoms with Crippen LogP contribution in [0.3, 0.4) is 0 Å². The van der Waals surface area contributed by atoms with E-state index < -0.39 is 5.97 Å². The van der Waals surface area contributed by atoms with E-state index in [1.807, 2.05) is 0 Å². The van der Waals surface area contributed by atoms with E-state index >= 15 is 0 Å². The first-order chi connectivity index (χ1) is 5.11. The van der Waals surface area contributed by atoms with E-state index in [0.717, 1.165) is 6.07 Å². The van der Waals surface area contributed by atoms with Crippen LogP contribution in [-0.2, 0) is 0 Å². The first kappa shape index (κ1) is 7.60. The van der Waals surface area contributed by atoms with Crippen molar-refractivity contribution >= 4 is 5.97 Å². The molecular weight excluding hydrogens is 144 g/mol. The quantitative estimate of drug-likeness (QED) is 0.631. The third-order valence-electron chi connectivity index (χ3n) is 1.28. The number of phenolic OH excluding ortho intramolecular Hbond substituents is 1. The van der Waals surface area contributed by atoms with E-state index in [2.05, 4.69) is 0 Å². The summed E-state index contributed by atoms with van der Waals surface area (Å²) in [4.78, 5) is 10.3. The van der Waals surface area contributed by atoms with Crippen molar-refractivity contribution in [1.82, 2.24) is 0 Å². The van der Waals surface area contributed by atoms with Crippen molar-refractivity contribution in [1.29, 1.82) is 0 Å². The summed E-state index contributed by atoms with van der Waals surface area (Å²) >= 11 is 0. The molecule has 2 N–H and O–H groups in total. The van der Waals surface area contributed by atoms with Crippen molar-refractivity contribution in [3.8, 4) is 5.75 Å². The molecule has 0 aliphatic heterocycles. The van der Waals surface area contributed by atoms with Gasteiger partial charge in [0.2, 0.25) is 0 Å². The predicted octanol–water partition coefficient (Wildman–Crippen LogP) is 1.15. The number of phenols is 1. The van der Waals surface area contributed by atoms with Crippen molar-refractivity contribution in [3.05, 3.63) is 36.2 Å². The molecular formula is C8H6O3. The van der Waals surface area contributed by atoms with E-state index in [0.29, 0.717) is 0 Å². The van der Waals surface area contributed by atoms with E-state index in [-0.39, 0.29) is 16.9 Å². The van der Waals surface area contributed by atoms with Crippen molar-refractivity contribution in [2.75, 3.05) is 0 Å². The highest BCUT2D eigenvalue weighted by Crippen LogP contribution is 2.16. The fourth-order valence-corrected chi connectivity index (χ4v) is 0.677. The molecule has 0 aliphatic carbocycles. The normalized spacial score (nSPS) is 9.55. The van der Waals surface area contributed by atoms with Gasteiger partial charge in [-0.25, -0.2) is 4.79 Å². The molecule has 2 radical (unpaired) electrons. The Balaban J connectivity index is 3.15. The summed E-state index contributed by atoms with van der Waals surface area (Å²) in [5, 5.41) is 17.4. The molecule has 0 fully saturated rings. The SMILES string of the molecule is [CH]c1ccc(C(=O)O)cc1O. The lowest BCUT2D eigenvalue weighted by molar-refractivity contribution is 0.0696. The van der Waals surface area contributed by atoms with E-state index in [1.54, 1.807) is 0 Å². The van der Waals surface area contributed by atoms with Gasteiger partial charge < -0.3 is 10.2 Å². The predicted molar refractivity (Wildman–Crippen MR) is 38.5 cm³/mol. The minimum Gasteiger partial charge on any atom is -0.508 e. The second kappa shape index (κ2) is 2.62. The lowest BCUT2D eigenvalue weighted by atomic mass is 10.1. The lowest BCUT2D eigenvalue weighted by Crippen LogP contribution is -1.95. The highest BCUT2D eigenvalue weighted by Gasteiger charge is 2.03. The largest absolute Gasteiger partial charge is 0.508 e. The summed E-state index contributed by atoms with van der Waals surface area (Å²) < 4.78 is 0. The number of carboxylic acid groups (broad SMARTS) is 1. The molecule has 3 nitrogen and oxygen atoms in total. The maximum Gasteiger partial charge on any atom is 0.335 e. The maximum atomic E-state index is 10.3. The number of rotatable bonds is 1. The maximum absolute atomic E-state index is 10.3. The molecule has 0 saturated carbocycles. The topological polar surface area (TPSA) is 57.5 Å². The molecule has 3 heteroatoms. The Kier molecular flexibility index (Phi) is 1.81. The lowest BCUT2D eigenvalue weighted by Gasteiger charge is -1.98. The van der Waals surface area contributed by atoms with Crippen LogP contribution >= 0.6 is 0 Å². The molecule has 0 bridgehead atoms. The van der Waals surface area contributed by atoms with Gasteiger partial charge in [0, 0.05) is 6.92 Å². The van der Waals surface area contributed by atoms with Gasteiger partial charge in [-0.05, 0) is 17.7 Å². The van der Waals surface area contributed by atoms with Gasteiger partial charge in [-0.3, -0.25) is 0 Å². The molecule has 56 valence electrons. The number of carboxylic acids is 1. The minimum absolute atomic E-state index is 0.0247. The van der Waals surface area contributed by atoms with Crippen LogP contribution in [0.5, 0.6) is 5.75 Å². The summed E-state index contributed by atoms with van der Waals surface area (Å²) in [6, 6.07) is 3.79. The molecule has 0 aromatic heterocycles. The third-order valence-corrected chi connectivity index (χ3v) is 1.28. The zero-order valence-electron chi connectivity index (χ0n) is 5.61. The Morgan fingerprint density at radius 3 is 2.55 bits per heavy atom. The van der Waals surface area contributed by atoms with Gasteiger partial charge in [0.1, 0.15) is 5.75 Å². The Labute approximate surface area is 63.9 Å². The molecule has 0 aliphatic rings. The van der Waals surface area contributed by atoms with Crippen LogP contribution in [0.4, 0.5) is 0 Å². The second-order valence-electron chi connectivity index (χ2n) is 2.08. The van der Waals surface area contributed by atoms with Crippen LogP contribution in [0.2, 0.25) is 0 Å². The van der Waals surface area contributed by atoms with Crippen LogP contribution in [0.15, 0.2) is 18.2 Å². The Morgan fingerprint density at radius 2 is 2.09 bits per heavy atom. The Morgan fingerprint density at radius 1 is 1.45 bits per heavy atom. The summed E-state index contributed by atoms with van der Waals surface area (Å²) in [6.07, 6.45) is 0. The molecule has 0 saturated heterocycles. The summed E-state index contributed by atoms with van der Waals surface area (Å²) in [5.41, 5.74) is 0.201. The Bertz CT molecular complexity index is 291. The first-order valence-corrected chi connectivity index (χ1v) is 2.93. The van der Waals surface area contributed by atoms with E-state index in [4.69, 9.17) is 17.1 Å². The molecule has 0 unspecified atom stereocenters. The van der Waals surface area contributed by atoms with Gasteiger partial charge >= 0.3 is 5.97 Å². The summed E-state index contributed by atoms with van der Waals surface area (Å²) in [7, 11) is 0. The Hall–Kier alpha value is -1.51. The average Bonchev–Trinajstić information content (AvgIpc) is 1.94. The van der Waals surface area contributed by atoms with Crippen LogP contribution in [-0.4, -0.2) is 16.2 Å². The molecule has 1 rings (SSSR count). The fourth-order valence-electron chi connectivity index (χ4n) is 0.677. The molecule has 0 heterocycles. The summed E-state index contributed by atoms with van der Waals surface area (Å²) in [5.74, 6) is -1.29. The molecule has 11 heavy (non-hydrogen) atoms. The van der Waals surface area contributed by atoms with Gasteiger partial charge in [0.05, 0.1) is 5.56 Å². The fraction of sp³-hybridized carbons (Fsp3) is 0. The van der Waals surface area contributed by atoms with Crippen LogP contribution in [0, 0.1) is 6.92 Å². The molecule has 0 amide bonds. The molecule has 0 atom stereocenters. The zero-order chi connectivity index (χ0) is 8.43. The number of aromatic hydroxyl groups is 1. The van der Waals surface area contributed by atoms with Gasteiger partial charge in [0.25, 0.3) is 0 Å². The van der Waals surface area contributed by atoms with Crippen LogP contribution in [0.1, 0.15) is 15.9 Å². The molecule has 1 aromatic rings. The number of hydrogen-bond donors (Lipinski definition) is 2. The summed E-state index contributed by atoms with van der Waals surface area (Å²) in [6.45, 7) is 5.25. The van der Waals surface area contributed by atoms with Gasteiger partial charge in [-0.2, -0.15) is 0 Å². The van der Waals surface area contributed by atoms with E-state index in [1.165, 1.54) is 12.1 Å². The van der Waals surface area contributed by atoms with Crippen LogP contribution < -0.4 is 0 Å². The van der Waals surface area contributed by atoms with Crippen molar-refractivity contribution in [2.24, 2.45) is 0 Å². The average molecular weight is 150 g/mol. The monoisotopic (exact) mass is 150 g/mol. The van der Waals surface area contributed by atoms with Crippen molar-refractivity contribution in [3.63, 3.8) is 0 Å². The van der Waals surface area contributed by atoms with Gasteiger partial charge in [0.15, 0.2) is 0 Å². The standard InChI is InChI=1S/C8H6O3/c1-5-2-3-6(8(10)11)4-7(5)9/h1-4,9H,(H,10,11).